The molecule has 0 amide bonds. The molecule has 1 saturated carbocycles. The normalized spacial score (nSPS) is 15.7. The molecular weight excluding hydrogens is 265 g/mol. The summed E-state index contributed by atoms with van der Waals surface area (Å²) in [4.78, 5) is 0. The molecule has 0 heterocycles. The van der Waals surface area contributed by atoms with E-state index in [2.05, 4.69) is 24.4 Å². The number of hydrogen-bond acceptors (Lipinski definition) is 2. The second kappa shape index (κ2) is 6.27. The maximum atomic E-state index is 13.1. The lowest BCUT2D eigenvalue weighted by Gasteiger charge is -2.20. The van der Waals surface area contributed by atoms with Gasteiger partial charge in [-0.1, -0.05) is 31.2 Å². The van der Waals surface area contributed by atoms with Crippen LogP contribution in [0.5, 0.6) is 5.75 Å². The molecule has 2 aromatic carbocycles. The fraction of sp³-hybridized carbons (Fsp3) is 0.333. The van der Waals surface area contributed by atoms with E-state index in [0.717, 1.165) is 36.3 Å². The van der Waals surface area contributed by atoms with Crippen LogP contribution in [0.1, 0.15) is 36.9 Å². The van der Waals surface area contributed by atoms with Crippen LogP contribution in [-0.2, 0) is 0 Å². The third-order valence-corrected chi connectivity index (χ3v) is 3.63. The zero-order valence-electron chi connectivity index (χ0n) is 12.2. The highest BCUT2D eigenvalue weighted by Gasteiger charge is 2.24. The van der Waals surface area contributed by atoms with Crippen LogP contribution in [0.3, 0.4) is 0 Å². The van der Waals surface area contributed by atoms with E-state index in [4.69, 9.17) is 4.74 Å². The quantitative estimate of drug-likeness (QED) is 0.864. The summed E-state index contributed by atoms with van der Waals surface area (Å²) in [6.07, 6.45) is 2.70. The molecule has 1 unspecified atom stereocenters. The van der Waals surface area contributed by atoms with Crippen molar-refractivity contribution in [3.05, 3.63) is 65.5 Å². The first kappa shape index (κ1) is 14.1. The van der Waals surface area contributed by atoms with Gasteiger partial charge in [-0.3, -0.25) is 0 Å². The molecule has 21 heavy (non-hydrogen) atoms. The number of hydrogen-bond donors (Lipinski definition) is 1. The van der Waals surface area contributed by atoms with E-state index in [1.165, 1.54) is 12.1 Å². The topological polar surface area (TPSA) is 21.3 Å². The Morgan fingerprint density at radius 1 is 1.14 bits per heavy atom. The lowest BCUT2D eigenvalue weighted by Crippen LogP contribution is -2.22. The van der Waals surface area contributed by atoms with Crippen LogP contribution >= 0.6 is 0 Å². The van der Waals surface area contributed by atoms with Crippen molar-refractivity contribution in [1.29, 1.82) is 0 Å². The van der Waals surface area contributed by atoms with E-state index >= 15 is 0 Å². The molecule has 1 aliphatic carbocycles. The Hall–Kier alpha value is -1.87. The van der Waals surface area contributed by atoms with Gasteiger partial charge in [-0.2, -0.15) is 0 Å². The standard InChI is InChI=1S/C18H20FNO/c1-2-20-18(13-6-8-15(19)9-7-13)14-4-3-5-17(12-14)21-16-10-11-16/h3-9,12,16,18,20H,2,10-11H2,1H3. The zero-order chi connectivity index (χ0) is 14.7. The summed E-state index contributed by atoms with van der Waals surface area (Å²) in [7, 11) is 0. The summed E-state index contributed by atoms with van der Waals surface area (Å²) in [6, 6.07) is 14.9. The molecule has 0 aromatic heterocycles. The predicted molar refractivity (Wildman–Crippen MR) is 82.0 cm³/mol. The fourth-order valence-electron chi connectivity index (χ4n) is 2.43. The van der Waals surface area contributed by atoms with Crippen LogP contribution in [-0.4, -0.2) is 12.6 Å². The Morgan fingerprint density at radius 2 is 1.90 bits per heavy atom. The number of ether oxygens (including phenoxy) is 1. The average Bonchev–Trinajstić information content (AvgIpc) is 3.30. The summed E-state index contributed by atoms with van der Waals surface area (Å²) in [5.41, 5.74) is 2.20. The Kier molecular flexibility index (Phi) is 4.20. The summed E-state index contributed by atoms with van der Waals surface area (Å²) in [5.74, 6) is 0.708. The molecule has 2 aromatic rings. The van der Waals surface area contributed by atoms with Crippen LogP contribution < -0.4 is 10.1 Å². The average molecular weight is 285 g/mol. The van der Waals surface area contributed by atoms with E-state index in [9.17, 15) is 4.39 Å². The van der Waals surface area contributed by atoms with Crippen LogP contribution in [0.15, 0.2) is 48.5 Å². The van der Waals surface area contributed by atoms with Crippen molar-refractivity contribution >= 4 is 0 Å². The van der Waals surface area contributed by atoms with E-state index in [0.29, 0.717) is 6.10 Å². The second-order valence-electron chi connectivity index (χ2n) is 5.43. The predicted octanol–water partition coefficient (Wildman–Crippen LogP) is 4.07. The highest BCUT2D eigenvalue weighted by Crippen LogP contribution is 2.30. The molecule has 1 N–H and O–H groups in total. The van der Waals surface area contributed by atoms with Gasteiger partial charge in [0.1, 0.15) is 11.6 Å². The maximum Gasteiger partial charge on any atom is 0.123 e. The van der Waals surface area contributed by atoms with Gasteiger partial charge < -0.3 is 10.1 Å². The summed E-state index contributed by atoms with van der Waals surface area (Å²) in [6.45, 7) is 2.91. The van der Waals surface area contributed by atoms with Crippen molar-refractivity contribution in [3.8, 4) is 5.75 Å². The van der Waals surface area contributed by atoms with Crippen molar-refractivity contribution in [3.63, 3.8) is 0 Å². The van der Waals surface area contributed by atoms with Crippen molar-refractivity contribution in [2.45, 2.75) is 31.9 Å². The van der Waals surface area contributed by atoms with Crippen molar-refractivity contribution < 1.29 is 9.13 Å². The summed E-state index contributed by atoms with van der Waals surface area (Å²) < 4.78 is 19.0. The third-order valence-electron chi connectivity index (χ3n) is 3.63. The van der Waals surface area contributed by atoms with Gasteiger partial charge in [-0.05, 0) is 54.8 Å². The minimum absolute atomic E-state index is 0.0540. The van der Waals surface area contributed by atoms with Gasteiger partial charge >= 0.3 is 0 Å². The lowest BCUT2D eigenvalue weighted by molar-refractivity contribution is 0.302. The molecule has 1 atom stereocenters. The smallest absolute Gasteiger partial charge is 0.123 e. The summed E-state index contributed by atoms with van der Waals surface area (Å²) in [5, 5.41) is 3.45. The molecule has 0 bridgehead atoms. The number of rotatable bonds is 6. The van der Waals surface area contributed by atoms with Crippen molar-refractivity contribution in [2.24, 2.45) is 0 Å². The molecule has 3 rings (SSSR count). The van der Waals surface area contributed by atoms with Crippen molar-refractivity contribution in [1.82, 2.24) is 5.32 Å². The van der Waals surface area contributed by atoms with Crippen LogP contribution in [0.25, 0.3) is 0 Å². The number of halogens is 1. The molecule has 1 fully saturated rings. The van der Waals surface area contributed by atoms with Gasteiger partial charge in [0.25, 0.3) is 0 Å². The molecule has 2 nitrogen and oxygen atoms in total. The molecular formula is C18H20FNO. The first-order valence-electron chi connectivity index (χ1n) is 7.51. The monoisotopic (exact) mass is 285 g/mol. The van der Waals surface area contributed by atoms with Crippen molar-refractivity contribution in [2.75, 3.05) is 6.54 Å². The first-order chi connectivity index (χ1) is 10.3. The second-order valence-corrected chi connectivity index (χ2v) is 5.43. The molecule has 3 heteroatoms. The highest BCUT2D eigenvalue weighted by atomic mass is 19.1. The Labute approximate surface area is 125 Å². The van der Waals surface area contributed by atoms with E-state index in [-0.39, 0.29) is 11.9 Å². The molecule has 0 aliphatic heterocycles. The van der Waals surface area contributed by atoms with Gasteiger partial charge in [-0.15, -0.1) is 0 Å². The number of nitrogens with one attached hydrogen (secondary N) is 1. The minimum atomic E-state index is -0.209. The Balaban J connectivity index is 1.86. The van der Waals surface area contributed by atoms with E-state index in [1.807, 2.05) is 24.3 Å². The van der Waals surface area contributed by atoms with Gasteiger partial charge in [-0.25, -0.2) is 4.39 Å². The highest BCUT2D eigenvalue weighted by molar-refractivity contribution is 5.37. The number of benzene rings is 2. The van der Waals surface area contributed by atoms with Gasteiger partial charge in [0.05, 0.1) is 12.1 Å². The SMILES string of the molecule is CCNC(c1ccc(F)cc1)c1cccc(OC2CC2)c1. The lowest BCUT2D eigenvalue weighted by atomic mass is 9.98. The van der Waals surface area contributed by atoms with Gasteiger partial charge in [0.2, 0.25) is 0 Å². The van der Waals surface area contributed by atoms with Gasteiger partial charge in [0, 0.05) is 0 Å². The van der Waals surface area contributed by atoms with Gasteiger partial charge in [0.15, 0.2) is 0 Å². The first-order valence-corrected chi connectivity index (χ1v) is 7.51. The van der Waals surface area contributed by atoms with Crippen LogP contribution in [0.2, 0.25) is 0 Å². The Bertz CT molecular complexity index is 592. The molecule has 1 aliphatic rings. The zero-order valence-corrected chi connectivity index (χ0v) is 12.2. The fourth-order valence-corrected chi connectivity index (χ4v) is 2.43. The van der Waals surface area contributed by atoms with Crippen LogP contribution in [0.4, 0.5) is 4.39 Å². The van der Waals surface area contributed by atoms with E-state index in [1.54, 1.807) is 0 Å². The Morgan fingerprint density at radius 3 is 2.57 bits per heavy atom. The third kappa shape index (κ3) is 3.61. The molecule has 110 valence electrons. The van der Waals surface area contributed by atoms with Crippen LogP contribution in [0, 0.1) is 5.82 Å². The molecule has 0 radical (unpaired) electrons. The minimum Gasteiger partial charge on any atom is -0.490 e. The molecule has 0 spiro atoms. The van der Waals surface area contributed by atoms with E-state index < -0.39 is 0 Å². The summed E-state index contributed by atoms with van der Waals surface area (Å²) >= 11 is 0. The maximum absolute atomic E-state index is 13.1. The largest absolute Gasteiger partial charge is 0.490 e. The molecule has 0 saturated heterocycles.